The number of carbonyl (C=O) groups excluding carboxylic acids is 1. The first kappa shape index (κ1) is 13.4. The predicted molar refractivity (Wildman–Crippen MR) is 77.4 cm³/mol. The third-order valence-corrected chi connectivity index (χ3v) is 4.12. The van der Waals surface area contributed by atoms with Crippen LogP contribution in [0.2, 0.25) is 0 Å². The first-order chi connectivity index (χ1) is 9.54. The molecule has 0 saturated carbocycles. The molecular weight excluding hydrogens is 322 g/mol. The Balaban J connectivity index is 1.74. The highest BCUT2D eigenvalue weighted by molar-refractivity contribution is 9.10. The number of nitrogens with zero attached hydrogens (tertiary/aromatic N) is 5. The molecule has 1 saturated heterocycles. The van der Waals surface area contributed by atoms with E-state index >= 15 is 0 Å². The van der Waals surface area contributed by atoms with Crippen LogP contribution in [-0.2, 0) is 7.05 Å². The molecule has 0 aliphatic carbocycles. The molecule has 1 atom stereocenters. The third-order valence-electron chi connectivity index (χ3n) is 3.54. The molecule has 1 fully saturated rings. The highest BCUT2D eigenvalue weighted by Crippen LogP contribution is 2.24. The summed E-state index contributed by atoms with van der Waals surface area (Å²) < 4.78 is 4.33. The molecule has 0 N–H and O–H groups in total. The number of likely N-dealkylation sites (tertiary alicyclic amines) is 1. The topological polar surface area (TPSA) is 56.0 Å². The van der Waals surface area contributed by atoms with Crippen molar-refractivity contribution in [3.8, 4) is 0 Å². The van der Waals surface area contributed by atoms with Crippen LogP contribution in [0.25, 0.3) is 0 Å². The van der Waals surface area contributed by atoms with Crippen LogP contribution < -0.4 is 0 Å². The predicted octanol–water partition coefficient (Wildman–Crippen LogP) is 1.77. The van der Waals surface area contributed by atoms with Gasteiger partial charge in [-0.25, -0.2) is 0 Å². The van der Waals surface area contributed by atoms with Crippen LogP contribution in [-0.4, -0.2) is 43.5 Å². The number of aromatic nitrogens is 4. The number of halogens is 1. The average Bonchev–Trinajstić information content (AvgIpc) is 3.08. The van der Waals surface area contributed by atoms with E-state index in [4.69, 9.17) is 0 Å². The van der Waals surface area contributed by atoms with E-state index < -0.39 is 0 Å². The van der Waals surface area contributed by atoms with Gasteiger partial charge in [0.15, 0.2) is 5.69 Å². The van der Waals surface area contributed by atoms with Crippen LogP contribution in [0.4, 0.5) is 0 Å². The van der Waals surface area contributed by atoms with Gasteiger partial charge in [0.1, 0.15) is 0 Å². The van der Waals surface area contributed by atoms with E-state index in [1.165, 1.54) is 0 Å². The maximum Gasteiger partial charge on any atom is 0.275 e. The zero-order valence-corrected chi connectivity index (χ0v) is 13.0. The Morgan fingerprint density at radius 2 is 2.25 bits per heavy atom. The monoisotopic (exact) mass is 337 g/mol. The summed E-state index contributed by atoms with van der Waals surface area (Å²) in [5, 5.41) is 8.55. The van der Waals surface area contributed by atoms with Gasteiger partial charge in [-0.05, 0) is 34.8 Å². The second kappa shape index (κ2) is 5.05. The van der Waals surface area contributed by atoms with Gasteiger partial charge in [0.25, 0.3) is 5.91 Å². The molecule has 1 amide bonds. The van der Waals surface area contributed by atoms with E-state index in [0.717, 1.165) is 23.0 Å². The van der Waals surface area contributed by atoms with E-state index in [9.17, 15) is 4.79 Å². The molecule has 3 heterocycles. The summed E-state index contributed by atoms with van der Waals surface area (Å²) in [5.41, 5.74) is 1.62. The van der Waals surface area contributed by atoms with E-state index in [-0.39, 0.29) is 11.9 Å². The molecule has 3 rings (SSSR count). The Bertz CT molecular complexity index is 647. The quantitative estimate of drug-likeness (QED) is 0.839. The minimum Gasteiger partial charge on any atom is -0.335 e. The number of amides is 1. The Labute approximate surface area is 125 Å². The number of hydrogen-bond acceptors (Lipinski definition) is 3. The van der Waals surface area contributed by atoms with Crippen LogP contribution >= 0.6 is 15.9 Å². The van der Waals surface area contributed by atoms with E-state index in [1.54, 1.807) is 17.9 Å². The van der Waals surface area contributed by atoms with Gasteiger partial charge in [-0.2, -0.15) is 10.2 Å². The molecular formula is C13H16BrN5O. The number of carbonyl (C=O) groups is 1. The maximum absolute atomic E-state index is 12.5. The molecule has 1 aliphatic rings. The summed E-state index contributed by atoms with van der Waals surface area (Å²) in [5.74, 6) is -0.0242. The summed E-state index contributed by atoms with van der Waals surface area (Å²) in [4.78, 5) is 14.3. The molecule has 20 heavy (non-hydrogen) atoms. The summed E-state index contributed by atoms with van der Waals surface area (Å²) in [6.45, 7) is 3.45. The van der Waals surface area contributed by atoms with Gasteiger partial charge >= 0.3 is 0 Å². The van der Waals surface area contributed by atoms with Crippen molar-refractivity contribution in [2.75, 3.05) is 13.1 Å². The summed E-state index contributed by atoms with van der Waals surface area (Å²) in [6, 6.07) is 0.259. The number of hydrogen-bond donors (Lipinski definition) is 0. The third kappa shape index (κ3) is 2.37. The van der Waals surface area contributed by atoms with Crippen LogP contribution in [0, 0.1) is 6.92 Å². The molecule has 1 aliphatic heterocycles. The van der Waals surface area contributed by atoms with Gasteiger partial charge < -0.3 is 4.90 Å². The number of aryl methyl sites for hydroxylation is 2. The van der Waals surface area contributed by atoms with Crippen molar-refractivity contribution in [2.24, 2.45) is 7.05 Å². The molecule has 106 valence electrons. The largest absolute Gasteiger partial charge is 0.335 e. The molecule has 1 unspecified atom stereocenters. The Kier molecular flexibility index (Phi) is 3.37. The van der Waals surface area contributed by atoms with Gasteiger partial charge in [-0.15, -0.1) is 0 Å². The van der Waals surface area contributed by atoms with Gasteiger partial charge in [0.05, 0.1) is 16.7 Å². The standard InChI is InChI=1S/C13H16BrN5O/c1-9-5-15-19(6-9)10-3-4-18(7-10)13(20)12-11(14)8-17(2)16-12/h5-6,8,10H,3-4,7H2,1-2H3. The van der Waals surface area contributed by atoms with Crippen LogP contribution in [0.1, 0.15) is 28.5 Å². The molecule has 0 bridgehead atoms. The van der Waals surface area contributed by atoms with Crippen molar-refractivity contribution >= 4 is 21.8 Å². The van der Waals surface area contributed by atoms with Crippen molar-refractivity contribution in [2.45, 2.75) is 19.4 Å². The van der Waals surface area contributed by atoms with Crippen LogP contribution in [0.3, 0.4) is 0 Å². The number of rotatable bonds is 2. The Morgan fingerprint density at radius 1 is 1.45 bits per heavy atom. The van der Waals surface area contributed by atoms with E-state index in [0.29, 0.717) is 12.2 Å². The molecule has 2 aromatic heterocycles. The molecule has 6 nitrogen and oxygen atoms in total. The van der Waals surface area contributed by atoms with Crippen molar-refractivity contribution in [3.63, 3.8) is 0 Å². The second-order valence-electron chi connectivity index (χ2n) is 5.19. The van der Waals surface area contributed by atoms with Gasteiger partial charge in [0.2, 0.25) is 0 Å². The summed E-state index contributed by atoms with van der Waals surface area (Å²) in [7, 11) is 1.81. The van der Waals surface area contributed by atoms with Crippen molar-refractivity contribution in [1.29, 1.82) is 0 Å². The molecule has 0 radical (unpaired) electrons. The van der Waals surface area contributed by atoms with Gasteiger partial charge in [-0.3, -0.25) is 14.2 Å². The SMILES string of the molecule is Cc1cnn(C2CCN(C(=O)c3nn(C)cc3Br)C2)c1. The first-order valence-electron chi connectivity index (χ1n) is 6.54. The smallest absolute Gasteiger partial charge is 0.275 e. The van der Waals surface area contributed by atoms with Gasteiger partial charge in [0, 0.05) is 32.5 Å². The zero-order chi connectivity index (χ0) is 14.3. The zero-order valence-electron chi connectivity index (χ0n) is 11.5. The minimum atomic E-state index is -0.0242. The minimum absolute atomic E-state index is 0.0242. The fraction of sp³-hybridized carbons (Fsp3) is 0.462. The molecule has 0 aromatic carbocycles. The lowest BCUT2D eigenvalue weighted by atomic mass is 10.3. The highest BCUT2D eigenvalue weighted by atomic mass is 79.9. The lowest BCUT2D eigenvalue weighted by Crippen LogP contribution is -2.29. The summed E-state index contributed by atoms with van der Waals surface area (Å²) in [6.07, 6.45) is 6.59. The lowest BCUT2D eigenvalue weighted by molar-refractivity contribution is 0.0779. The van der Waals surface area contributed by atoms with Crippen LogP contribution in [0.15, 0.2) is 23.1 Å². The first-order valence-corrected chi connectivity index (χ1v) is 7.33. The van der Waals surface area contributed by atoms with Crippen molar-refractivity contribution in [1.82, 2.24) is 24.5 Å². The van der Waals surface area contributed by atoms with E-state index in [2.05, 4.69) is 26.1 Å². The fourth-order valence-corrected chi connectivity index (χ4v) is 3.07. The normalized spacial score (nSPS) is 18.8. The highest BCUT2D eigenvalue weighted by Gasteiger charge is 2.30. The van der Waals surface area contributed by atoms with Crippen molar-refractivity contribution in [3.05, 3.63) is 34.3 Å². The maximum atomic E-state index is 12.5. The summed E-state index contributed by atoms with van der Waals surface area (Å²) >= 11 is 3.38. The molecule has 2 aromatic rings. The molecule has 0 spiro atoms. The molecule has 7 heteroatoms. The Morgan fingerprint density at radius 3 is 2.85 bits per heavy atom. The fourth-order valence-electron chi connectivity index (χ4n) is 2.53. The average molecular weight is 338 g/mol. The van der Waals surface area contributed by atoms with Crippen LogP contribution in [0.5, 0.6) is 0 Å². The van der Waals surface area contributed by atoms with Gasteiger partial charge in [-0.1, -0.05) is 0 Å². The van der Waals surface area contributed by atoms with Crippen molar-refractivity contribution < 1.29 is 4.79 Å². The second-order valence-corrected chi connectivity index (χ2v) is 6.05. The lowest BCUT2D eigenvalue weighted by Gasteiger charge is -2.15. The van der Waals surface area contributed by atoms with E-state index in [1.807, 2.05) is 28.9 Å². The Hall–Kier alpha value is -1.63.